The van der Waals surface area contributed by atoms with Gasteiger partial charge in [0, 0.05) is 51.4 Å². The van der Waals surface area contributed by atoms with Crippen molar-refractivity contribution >= 4 is 45.0 Å². The van der Waals surface area contributed by atoms with Crippen molar-refractivity contribution in [1.82, 2.24) is 9.88 Å². The largest absolute Gasteiger partial charge is 0.364 e. The van der Waals surface area contributed by atoms with Crippen molar-refractivity contribution in [2.24, 2.45) is 0 Å². The normalized spacial score (nSPS) is 21.1. The van der Waals surface area contributed by atoms with Crippen molar-refractivity contribution in [3.63, 3.8) is 0 Å². The summed E-state index contributed by atoms with van der Waals surface area (Å²) in [6.07, 6.45) is 0.278. The van der Waals surface area contributed by atoms with Crippen LogP contribution in [0, 0.1) is 0 Å². The lowest BCUT2D eigenvalue weighted by atomic mass is 9.99. The monoisotopic (exact) mass is 350 g/mol. The number of nitrogens with one attached hydrogen (secondary N) is 1. The molecule has 1 fully saturated rings. The third-order valence-corrected chi connectivity index (χ3v) is 5.05. The number of benzene rings is 2. The molecule has 0 amide bonds. The van der Waals surface area contributed by atoms with E-state index in [1.54, 1.807) is 0 Å². The van der Waals surface area contributed by atoms with E-state index < -0.39 is 11.8 Å². The van der Waals surface area contributed by atoms with Gasteiger partial charge in [0.05, 0.1) is 0 Å². The Labute approximate surface area is 143 Å². The van der Waals surface area contributed by atoms with E-state index in [0.717, 1.165) is 21.8 Å². The Hall–Kier alpha value is -1.30. The van der Waals surface area contributed by atoms with Gasteiger partial charge in [-0.1, -0.05) is 23.2 Å². The number of fused-ring (bicyclic) bond motifs is 3. The fourth-order valence-corrected chi connectivity index (χ4v) is 3.82. The zero-order valence-electron chi connectivity index (χ0n) is 12.3. The highest BCUT2D eigenvalue weighted by Crippen LogP contribution is 2.38. The fourth-order valence-electron chi connectivity index (χ4n) is 3.47. The molecule has 4 nitrogen and oxygen atoms in total. The average molecular weight is 351 g/mol. The molecule has 1 aliphatic rings. The van der Waals surface area contributed by atoms with Crippen LogP contribution in [0.2, 0.25) is 10.0 Å². The topological polar surface area (TPSA) is 57.4 Å². The highest BCUT2D eigenvalue weighted by atomic mass is 35.5. The minimum Gasteiger partial charge on any atom is -0.364 e. The molecule has 0 aliphatic carbocycles. The van der Waals surface area contributed by atoms with Crippen molar-refractivity contribution in [2.45, 2.75) is 18.2 Å². The lowest BCUT2D eigenvalue weighted by Gasteiger charge is -2.37. The van der Waals surface area contributed by atoms with E-state index in [-0.39, 0.29) is 6.42 Å². The summed E-state index contributed by atoms with van der Waals surface area (Å²) >= 11 is 12.3. The van der Waals surface area contributed by atoms with Crippen molar-refractivity contribution in [1.29, 1.82) is 0 Å². The third kappa shape index (κ3) is 2.42. The highest BCUT2D eigenvalue weighted by molar-refractivity contribution is 6.33. The maximum atomic E-state index is 10.5. The fraction of sp³-hybridized carbons (Fsp3) is 0.294. The Morgan fingerprint density at radius 1 is 1.00 bits per heavy atom. The van der Waals surface area contributed by atoms with Crippen LogP contribution in [0.25, 0.3) is 21.8 Å². The molecule has 0 saturated carbocycles. The molecule has 1 atom stereocenters. The van der Waals surface area contributed by atoms with E-state index in [9.17, 15) is 10.2 Å². The van der Waals surface area contributed by atoms with Crippen molar-refractivity contribution < 1.29 is 10.2 Å². The van der Waals surface area contributed by atoms with Gasteiger partial charge in [0.25, 0.3) is 0 Å². The molecule has 0 bridgehead atoms. The van der Waals surface area contributed by atoms with Gasteiger partial charge in [0.1, 0.15) is 6.04 Å². The van der Waals surface area contributed by atoms with Crippen molar-refractivity contribution in [3.05, 3.63) is 46.4 Å². The van der Waals surface area contributed by atoms with Gasteiger partial charge in [0.15, 0.2) is 5.79 Å². The highest BCUT2D eigenvalue weighted by Gasteiger charge is 2.39. The molecule has 1 unspecified atom stereocenters. The summed E-state index contributed by atoms with van der Waals surface area (Å²) in [7, 11) is 0. The van der Waals surface area contributed by atoms with E-state index in [4.69, 9.17) is 23.2 Å². The van der Waals surface area contributed by atoms with E-state index in [1.807, 2.05) is 41.0 Å². The van der Waals surface area contributed by atoms with Crippen LogP contribution in [-0.2, 0) is 0 Å². The Balaban J connectivity index is 2.08. The van der Waals surface area contributed by atoms with Gasteiger partial charge in [-0.05, 0) is 36.4 Å². The minimum absolute atomic E-state index is 0.278. The number of rotatable bonds is 1. The quantitative estimate of drug-likeness (QED) is 0.590. The summed E-state index contributed by atoms with van der Waals surface area (Å²) in [6.45, 7) is 1.06. The summed E-state index contributed by atoms with van der Waals surface area (Å²) in [5.41, 5.74) is 1.82. The zero-order chi connectivity index (χ0) is 16.2. The Morgan fingerprint density at radius 2 is 1.57 bits per heavy atom. The van der Waals surface area contributed by atoms with Gasteiger partial charge in [-0.25, -0.2) is 0 Å². The predicted molar refractivity (Wildman–Crippen MR) is 93.2 cm³/mol. The van der Waals surface area contributed by atoms with Crippen LogP contribution in [0.1, 0.15) is 12.5 Å². The number of hydrogen-bond acceptors (Lipinski definition) is 3. The number of aliphatic hydroxyl groups is 2. The molecule has 1 saturated heterocycles. The summed E-state index contributed by atoms with van der Waals surface area (Å²) < 4.78 is 1.98. The Bertz CT molecular complexity index is 845. The number of aromatic nitrogens is 1. The summed E-state index contributed by atoms with van der Waals surface area (Å²) in [5.74, 6) is -1.76. The van der Waals surface area contributed by atoms with Crippen LogP contribution in [0.3, 0.4) is 0 Å². The first-order valence-electron chi connectivity index (χ1n) is 7.51. The molecule has 2 heterocycles. The van der Waals surface area contributed by atoms with Gasteiger partial charge in [-0.15, -0.1) is 0 Å². The van der Waals surface area contributed by atoms with Gasteiger partial charge in [-0.2, -0.15) is 0 Å². The molecule has 1 aromatic heterocycles. The second-order valence-corrected chi connectivity index (χ2v) is 6.91. The van der Waals surface area contributed by atoms with Gasteiger partial charge in [-0.3, -0.25) is 0 Å². The number of nitrogens with zero attached hydrogens (tertiary/aromatic N) is 1. The smallest absolute Gasteiger partial charge is 0.186 e. The van der Waals surface area contributed by atoms with E-state index in [0.29, 0.717) is 23.1 Å². The first kappa shape index (κ1) is 15.2. The number of piperidine rings is 1. The third-order valence-electron chi connectivity index (χ3n) is 4.58. The van der Waals surface area contributed by atoms with Crippen LogP contribution >= 0.6 is 23.2 Å². The molecule has 4 rings (SSSR count). The number of hydrogen-bond donors (Lipinski definition) is 3. The molecule has 1 aliphatic heterocycles. The summed E-state index contributed by atoms with van der Waals surface area (Å²) in [6, 6.07) is 10.7. The SMILES string of the molecule is OC1(O)CCNCC1n1c2ccc(Cl)cc2c2cc(Cl)ccc21. The molecule has 3 aromatic rings. The van der Waals surface area contributed by atoms with Crippen molar-refractivity contribution in [3.8, 4) is 0 Å². The molecule has 120 valence electrons. The molecule has 0 spiro atoms. The molecule has 2 aromatic carbocycles. The summed E-state index contributed by atoms with van der Waals surface area (Å²) in [4.78, 5) is 0. The molecule has 0 radical (unpaired) electrons. The van der Waals surface area contributed by atoms with Gasteiger partial charge < -0.3 is 20.1 Å². The minimum atomic E-state index is -1.76. The van der Waals surface area contributed by atoms with Gasteiger partial charge in [0.2, 0.25) is 0 Å². The first-order chi connectivity index (χ1) is 11.0. The molecule has 3 N–H and O–H groups in total. The number of halogens is 2. The zero-order valence-corrected chi connectivity index (χ0v) is 13.8. The Morgan fingerprint density at radius 3 is 2.09 bits per heavy atom. The van der Waals surface area contributed by atoms with Crippen LogP contribution in [0.4, 0.5) is 0 Å². The second-order valence-electron chi connectivity index (χ2n) is 6.04. The molecular formula is C17H16Cl2N2O2. The second kappa shape index (κ2) is 5.36. The average Bonchev–Trinajstić information content (AvgIpc) is 2.80. The maximum Gasteiger partial charge on any atom is 0.186 e. The maximum absolute atomic E-state index is 10.5. The summed E-state index contributed by atoms with van der Waals surface area (Å²) in [5, 5.41) is 27.4. The predicted octanol–water partition coefficient (Wildman–Crippen LogP) is 3.32. The van der Waals surface area contributed by atoms with E-state index >= 15 is 0 Å². The Kier molecular flexibility index (Phi) is 3.55. The van der Waals surface area contributed by atoms with Crippen LogP contribution in [0.5, 0.6) is 0 Å². The lowest BCUT2D eigenvalue weighted by Crippen LogP contribution is -2.50. The molecule has 23 heavy (non-hydrogen) atoms. The van der Waals surface area contributed by atoms with Crippen LogP contribution in [0.15, 0.2) is 36.4 Å². The molecule has 6 heteroatoms. The van der Waals surface area contributed by atoms with E-state index in [1.165, 1.54) is 0 Å². The van der Waals surface area contributed by atoms with Crippen LogP contribution < -0.4 is 5.32 Å². The van der Waals surface area contributed by atoms with Gasteiger partial charge >= 0.3 is 0 Å². The molecular weight excluding hydrogens is 335 g/mol. The lowest BCUT2D eigenvalue weighted by molar-refractivity contribution is -0.203. The standard InChI is InChI=1S/C17H16Cl2N2O2/c18-10-1-3-14-12(7-10)13-8-11(19)2-4-15(13)21(14)16-9-20-6-5-17(16,22)23/h1-4,7-8,16,20,22-23H,5-6,9H2. The van der Waals surface area contributed by atoms with Crippen LogP contribution in [-0.4, -0.2) is 33.7 Å². The first-order valence-corrected chi connectivity index (χ1v) is 8.27. The van der Waals surface area contributed by atoms with Crippen molar-refractivity contribution in [2.75, 3.05) is 13.1 Å². The van der Waals surface area contributed by atoms with E-state index in [2.05, 4.69) is 5.32 Å².